The van der Waals surface area contributed by atoms with Gasteiger partial charge in [-0.15, -0.1) is 0 Å². The van der Waals surface area contributed by atoms with Crippen LogP contribution in [-0.4, -0.2) is 19.5 Å². The van der Waals surface area contributed by atoms with Crippen LogP contribution in [0.2, 0.25) is 0 Å². The minimum atomic E-state index is 0.116. The number of benzene rings is 9. The predicted octanol–water partition coefficient (Wildman–Crippen LogP) is 13.6. The Bertz CT molecular complexity index is 4310. The lowest BCUT2D eigenvalue weighted by atomic mass is 9.89. The first kappa shape index (κ1) is 47.1. The fourth-order valence-corrected chi connectivity index (χ4v) is 9.95. The summed E-state index contributed by atoms with van der Waals surface area (Å²) in [5.41, 5.74) is 9.16. The Kier molecular flexibility index (Phi) is 12.1. The van der Waals surface area contributed by atoms with Crippen molar-refractivity contribution in [3.05, 3.63) is 226 Å². The van der Waals surface area contributed by atoms with Crippen LogP contribution in [0.25, 0.3) is 106 Å². The second kappa shape index (κ2) is 19.7. The second-order valence-electron chi connectivity index (χ2n) is 17.6. The van der Waals surface area contributed by atoms with Crippen molar-refractivity contribution >= 4 is 21.8 Å². The number of aromatic nitrogens is 4. The van der Waals surface area contributed by atoms with Gasteiger partial charge in [0.05, 0.1) is 110 Å². The highest BCUT2D eigenvalue weighted by atomic mass is 15.0. The summed E-state index contributed by atoms with van der Waals surface area (Å²) in [5.74, 6) is 1.17. The van der Waals surface area contributed by atoms with E-state index >= 15 is 0 Å². The van der Waals surface area contributed by atoms with Crippen molar-refractivity contribution < 1.29 is 0 Å². The zero-order valence-electron chi connectivity index (χ0n) is 40.2. The van der Waals surface area contributed by atoms with Gasteiger partial charge in [0.25, 0.3) is 0 Å². The van der Waals surface area contributed by atoms with E-state index < -0.39 is 0 Å². The van der Waals surface area contributed by atoms with Gasteiger partial charge in [-0.25, -0.2) is 15.0 Å². The lowest BCUT2D eigenvalue weighted by Gasteiger charge is -2.22. The second-order valence-corrected chi connectivity index (χ2v) is 17.6. The highest BCUT2D eigenvalue weighted by molar-refractivity contribution is 6.13. The number of nitriles is 8. The summed E-state index contributed by atoms with van der Waals surface area (Å²) < 4.78 is 2.04. The van der Waals surface area contributed by atoms with E-state index in [1.807, 2.05) is 138 Å². The molecule has 0 aliphatic rings. The van der Waals surface area contributed by atoms with Crippen LogP contribution in [-0.2, 0) is 0 Å². The van der Waals surface area contributed by atoms with Crippen LogP contribution in [0.3, 0.4) is 0 Å². The maximum atomic E-state index is 10.9. The molecule has 0 spiro atoms. The van der Waals surface area contributed by atoms with E-state index in [1.54, 1.807) is 36.4 Å². The number of hydrogen-bond acceptors (Lipinski definition) is 11. The van der Waals surface area contributed by atoms with Crippen molar-refractivity contribution in [2.24, 2.45) is 0 Å². The van der Waals surface area contributed by atoms with Crippen LogP contribution in [0.4, 0.5) is 0 Å². The summed E-state index contributed by atoms with van der Waals surface area (Å²) in [5, 5.41) is 84.5. The smallest absolute Gasteiger partial charge is 0.164 e. The summed E-state index contributed by atoms with van der Waals surface area (Å²) in [4.78, 5) is 15.2. The molecule has 2 heterocycles. The van der Waals surface area contributed by atoms with Gasteiger partial charge < -0.3 is 4.57 Å². The van der Waals surface area contributed by atoms with Crippen molar-refractivity contribution in [1.82, 2.24) is 19.5 Å². The van der Waals surface area contributed by atoms with Gasteiger partial charge in [0.1, 0.15) is 0 Å². The molecule has 0 N–H and O–H groups in total. The molecule has 0 fully saturated rings. The Balaban J connectivity index is 1.31. The molecule has 0 aliphatic heterocycles. The summed E-state index contributed by atoms with van der Waals surface area (Å²) in [7, 11) is 0. The number of nitrogens with zero attached hydrogens (tertiary/aromatic N) is 12. The fraction of sp³-hybridized carbons (Fsp3) is 0. The molecule has 0 unspecified atom stereocenters. The third-order valence-electron chi connectivity index (χ3n) is 13.3. The van der Waals surface area contributed by atoms with Gasteiger partial charge in [0.15, 0.2) is 17.5 Å². The van der Waals surface area contributed by atoms with Gasteiger partial charge in [0.2, 0.25) is 0 Å². The average molecular weight is 979 g/mol. The lowest BCUT2D eigenvalue weighted by Crippen LogP contribution is -2.05. The average Bonchev–Trinajstić information content (AvgIpc) is 3.87. The normalized spacial score (nSPS) is 10.5. The first-order valence-electron chi connectivity index (χ1n) is 23.7. The van der Waals surface area contributed by atoms with E-state index in [-0.39, 0.29) is 33.4 Å². The molecule has 9 aromatic carbocycles. The third-order valence-corrected chi connectivity index (χ3v) is 13.3. The quantitative estimate of drug-likeness (QED) is 0.139. The summed E-state index contributed by atoms with van der Waals surface area (Å²) >= 11 is 0. The molecular weight excluding hydrogens is 949 g/mol. The molecule has 0 aliphatic carbocycles. The Morgan fingerprint density at radius 3 is 1.00 bits per heavy atom. The molecule has 12 heteroatoms. The van der Waals surface area contributed by atoms with Crippen molar-refractivity contribution in [1.29, 1.82) is 42.1 Å². The maximum Gasteiger partial charge on any atom is 0.164 e. The largest absolute Gasteiger partial charge is 0.308 e. The van der Waals surface area contributed by atoms with Crippen LogP contribution < -0.4 is 0 Å². The van der Waals surface area contributed by atoms with Crippen LogP contribution in [0.15, 0.2) is 182 Å². The number of hydrogen-bond donors (Lipinski definition) is 0. The topological polar surface area (TPSA) is 234 Å². The monoisotopic (exact) mass is 978 g/mol. The van der Waals surface area contributed by atoms with E-state index in [2.05, 4.69) is 36.4 Å². The Hall–Kier alpha value is -12.3. The molecule has 350 valence electrons. The van der Waals surface area contributed by atoms with Crippen LogP contribution >= 0.6 is 0 Å². The standard InChI is InChI=1S/C65H30N12/c66-31-39-23-48(35-70)60(49(24-39)36-71)43-19-21-58-54(27-43)55-28-44(61-50(37-72)25-40(32-67)26-51(61)38-73)20-22-59(55)77(58)62-56(52-17-9-7-15-45(52)33-68)29-47(30-57(62)53-18-10-8-16-46(53)34-69)65-75-63(41-11-3-1-4-12-41)74-64(76-65)42-13-5-2-6-14-42/h1-30H. The Morgan fingerprint density at radius 1 is 0.286 bits per heavy atom. The molecule has 11 rings (SSSR count). The molecule has 11 aromatic rings. The van der Waals surface area contributed by atoms with E-state index in [0.717, 1.165) is 11.1 Å². The minimum absolute atomic E-state index is 0.116. The summed E-state index contributed by atoms with van der Waals surface area (Å²) in [6, 6.07) is 71.9. The molecule has 0 saturated carbocycles. The van der Waals surface area contributed by atoms with Gasteiger partial charge in [-0.2, -0.15) is 42.1 Å². The van der Waals surface area contributed by atoms with E-state index in [4.69, 9.17) is 15.0 Å². The van der Waals surface area contributed by atoms with Crippen LogP contribution in [0.5, 0.6) is 0 Å². The zero-order chi connectivity index (χ0) is 53.2. The molecule has 0 atom stereocenters. The molecule has 77 heavy (non-hydrogen) atoms. The van der Waals surface area contributed by atoms with Crippen molar-refractivity contribution in [2.75, 3.05) is 0 Å². The summed E-state index contributed by atoms with van der Waals surface area (Å²) in [6.45, 7) is 0. The first-order chi connectivity index (χ1) is 37.8. The molecule has 2 aromatic heterocycles. The fourth-order valence-electron chi connectivity index (χ4n) is 9.95. The minimum Gasteiger partial charge on any atom is -0.308 e. The van der Waals surface area contributed by atoms with E-state index in [0.29, 0.717) is 106 Å². The van der Waals surface area contributed by atoms with E-state index in [9.17, 15) is 42.1 Å². The van der Waals surface area contributed by atoms with Gasteiger partial charge in [0, 0.05) is 60.8 Å². The highest BCUT2D eigenvalue weighted by Crippen LogP contribution is 2.47. The molecule has 0 saturated heterocycles. The molecule has 0 radical (unpaired) electrons. The van der Waals surface area contributed by atoms with E-state index in [1.165, 1.54) is 24.3 Å². The highest BCUT2D eigenvalue weighted by Gasteiger charge is 2.27. The van der Waals surface area contributed by atoms with Gasteiger partial charge in [-0.1, -0.05) is 109 Å². The maximum absolute atomic E-state index is 10.9. The molecule has 12 nitrogen and oxygen atoms in total. The SMILES string of the molecule is N#Cc1cc(C#N)c(-c2ccc3c(c2)c2cc(-c4c(C#N)cc(C#N)cc4C#N)ccc2n3-c2c(-c3ccccc3C#N)cc(-c3nc(-c4ccccc4)nc(-c4ccccc4)n3)cc2-c2ccccc2C#N)c(C#N)c1. The van der Waals surface area contributed by atoms with Crippen molar-refractivity contribution in [3.63, 3.8) is 0 Å². The van der Waals surface area contributed by atoms with Crippen molar-refractivity contribution in [2.45, 2.75) is 0 Å². The van der Waals surface area contributed by atoms with Gasteiger partial charge in [-0.3, -0.25) is 0 Å². The Labute approximate surface area is 440 Å². The number of fused-ring (bicyclic) bond motifs is 3. The number of rotatable bonds is 8. The van der Waals surface area contributed by atoms with Crippen LogP contribution in [0.1, 0.15) is 44.5 Å². The third kappa shape index (κ3) is 8.23. The van der Waals surface area contributed by atoms with Gasteiger partial charge in [-0.05, 0) is 83.9 Å². The first-order valence-corrected chi connectivity index (χ1v) is 23.7. The molecular formula is C65H30N12. The summed E-state index contributed by atoms with van der Waals surface area (Å²) in [6.07, 6.45) is 0. The zero-order valence-corrected chi connectivity index (χ0v) is 40.2. The molecule has 0 bridgehead atoms. The predicted molar refractivity (Wildman–Crippen MR) is 290 cm³/mol. The Morgan fingerprint density at radius 2 is 0.636 bits per heavy atom. The van der Waals surface area contributed by atoms with Gasteiger partial charge >= 0.3 is 0 Å². The van der Waals surface area contributed by atoms with Crippen LogP contribution in [0, 0.1) is 90.6 Å². The van der Waals surface area contributed by atoms with Crippen molar-refractivity contribution in [3.8, 4) is 133 Å². The molecule has 0 amide bonds. The lowest BCUT2D eigenvalue weighted by molar-refractivity contribution is 1.07.